The van der Waals surface area contributed by atoms with Crippen molar-refractivity contribution >= 4 is 17.2 Å². The van der Waals surface area contributed by atoms with Crippen molar-refractivity contribution in [3.8, 4) is 5.75 Å². The first-order chi connectivity index (χ1) is 12.3. The maximum absolute atomic E-state index is 12.6. The lowest BCUT2D eigenvalue weighted by Gasteiger charge is -2.19. The Morgan fingerprint density at radius 3 is 2.50 bits per heavy atom. The number of ether oxygens (including phenoxy) is 1. The number of rotatable bonds is 8. The summed E-state index contributed by atoms with van der Waals surface area (Å²) in [5.41, 5.74) is 1.98. The van der Waals surface area contributed by atoms with Crippen LogP contribution in [0.1, 0.15) is 69.3 Å². The number of hydrogen-bond donors (Lipinski definition) is 1. The third kappa shape index (κ3) is 5.84. The largest absolute Gasteiger partial charge is 0.497 e. The van der Waals surface area contributed by atoms with Crippen molar-refractivity contribution in [2.45, 2.75) is 64.8 Å². The maximum atomic E-state index is 12.6. The van der Waals surface area contributed by atoms with Gasteiger partial charge in [0.1, 0.15) is 5.75 Å². The minimum Gasteiger partial charge on any atom is -0.497 e. The van der Waals surface area contributed by atoms with Gasteiger partial charge in [0.15, 0.2) is 0 Å². The highest BCUT2D eigenvalue weighted by atomic mass is 32.1. The number of carbonyl (C=O) groups excluding carboxylic acids is 1. The van der Waals surface area contributed by atoms with Crippen molar-refractivity contribution in [3.63, 3.8) is 0 Å². The second-order valence-electron chi connectivity index (χ2n) is 7.61. The van der Waals surface area contributed by atoms with E-state index in [1.807, 2.05) is 29.6 Å². The van der Waals surface area contributed by atoms with Crippen molar-refractivity contribution in [2.75, 3.05) is 7.11 Å². The molecule has 26 heavy (non-hydrogen) atoms. The smallest absolute Gasteiger partial charge is 0.226 e. The normalized spacial score (nSPS) is 12.7. The van der Waals surface area contributed by atoms with Gasteiger partial charge in [-0.2, -0.15) is 0 Å². The zero-order valence-electron chi connectivity index (χ0n) is 16.5. The lowest BCUT2D eigenvalue weighted by Crippen LogP contribution is -2.30. The zero-order chi connectivity index (χ0) is 19.2. The van der Waals surface area contributed by atoms with E-state index in [0.29, 0.717) is 6.42 Å². The fourth-order valence-electron chi connectivity index (χ4n) is 2.71. The van der Waals surface area contributed by atoms with E-state index >= 15 is 0 Å². The molecular formula is C21H30N2O2S. The Bertz CT molecular complexity index is 702. The summed E-state index contributed by atoms with van der Waals surface area (Å²) in [7, 11) is 1.66. The van der Waals surface area contributed by atoms with Gasteiger partial charge in [-0.05, 0) is 24.1 Å². The molecule has 0 radical (unpaired) electrons. The summed E-state index contributed by atoms with van der Waals surface area (Å²) in [5, 5.41) is 6.25. The first-order valence-electron chi connectivity index (χ1n) is 9.21. The summed E-state index contributed by atoms with van der Waals surface area (Å²) in [6.07, 6.45) is 3.43. The highest BCUT2D eigenvalue weighted by molar-refractivity contribution is 7.09. The number of nitrogens with zero attached hydrogens (tertiary/aromatic N) is 1. The van der Waals surface area contributed by atoms with E-state index < -0.39 is 0 Å². The number of benzene rings is 1. The molecule has 2 rings (SSSR count). The zero-order valence-corrected chi connectivity index (χ0v) is 17.3. The van der Waals surface area contributed by atoms with Crippen molar-refractivity contribution in [3.05, 3.63) is 45.9 Å². The highest BCUT2D eigenvalue weighted by Crippen LogP contribution is 2.26. The van der Waals surface area contributed by atoms with Crippen LogP contribution in [0.5, 0.6) is 5.75 Å². The molecule has 0 aliphatic heterocycles. The second kappa shape index (κ2) is 9.17. The van der Waals surface area contributed by atoms with Crippen molar-refractivity contribution in [1.82, 2.24) is 10.3 Å². The van der Waals surface area contributed by atoms with Crippen LogP contribution in [0.15, 0.2) is 29.6 Å². The molecule has 1 aromatic heterocycles. The summed E-state index contributed by atoms with van der Waals surface area (Å²) < 4.78 is 5.23. The Morgan fingerprint density at radius 2 is 1.96 bits per heavy atom. The van der Waals surface area contributed by atoms with E-state index in [9.17, 15) is 4.79 Å². The van der Waals surface area contributed by atoms with Crippen LogP contribution in [0.25, 0.3) is 0 Å². The predicted octanol–water partition coefficient (Wildman–Crippen LogP) is 5.04. The van der Waals surface area contributed by atoms with Gasteiger partial charge >= 0.3 is 0 Å². The SMILES string of the molecule is CCCCC(NC(=O)Cc1csc(C(C)(C)C)n1)c1ccc(OC)cc1. The van der Waals surface area contributed by atoms with Gasteiger partial charge in [0.2, 0.25) is 5.91 Å². The number of amides is 1. The van der Waals surface area contributed by atoms with Gasteiger partial charge in [0.25, 0.3) is 0 Å². The maximum Gasteiger partial charge on any atom is 0.226 e. The van der Waals surface area contributed by atoms with Crippen LogP contribution in [-0.4, -0.2) is 18.0 Å². The third-order valence-corrected chi connectivity index (χ3v) is 5.55. The minimum absolute atomic E-state index is 0.0200. The molecule has 1 amide bonds. The monoisotopic (exact) mass is 374 g/mol. The molecule has 1 atom stereocenters. The van der Waals surface area contributed by atoms with E-state index in [1.165, 1.54) is 0 Å². The van der Waals surface area contributed by atoms with Gasteiger partial charge in [-0.3, -0.25) is 4.79 Å². The van der Waals surface area contributed by atoms with E-state index in [1.54, 1.807) is 18.4 Å². The van der Waals surface area contributed by atoms with Gasteiger partial charge in [0, 0.05) is 10.8 Å². The molecule has 4 nitrogen and oxygen atoms in total. The van der Waals surface area contributed by atoms with Crippen LogP contribution < -0.4 is 10.1 Å². The second-order valence-corrected chi connectivity index (χ2v) is 8.46. The van der Waals surface area contributed by atoms with Crippen molar-refractivity contribution < 1.29 is 9.53 Å². The Balaban J connectivity index is 2.04. The number of carbonyl (C=O) groups is 1. The first-order valence-corrected chi connectivity index (χ1v) is 10.1. The Hall–Kier alpha value is -1.88. The summed E-state index contributed by atoms with van der Waals surface area (Å²) in [6.45, 7) is 8.58. The fourth-order valence-corrected chi connectivity index (χ4v) is 3.62. The molecule has 1 aromatic carbocycles. The van der Waals surface area contributed by atoms with Crippen LogP contribution in [-0.2, 0) is 16.6 Å². The number of methoxy groups -OCH3 is 1. The standard InChI is InChI=1S/C21H30N2O2S/c1-6-7-8-18(15-9-11-17(25-5)12-10-15)23-19(24)13-16-14-26-20(22-16)21(2,3)4/h9-12,14,18H,6-8,13H2,1-5H3,(H,23,24). The van der Waals surface area contributed by atoms with Gasteiger partial charge in [-0.15, -0.1) is 11.3 Å². The van der Waals surface area contributed by atoms with Crippen LogP contribution in [0.3, 0.4) is 0 Å². The van der Waals surface area contributed by atoms with E-state index in [4.69, 9.17) is 4.74 Å². The van der Waals surface area contributed by atoms with Crippen LogP contribution in [0.2, 0.25) is 0 Å². The Morgan fingerprint density at radius 1 is 1.27 bits per heavy atom. The van der Waals surface area contributed by atoms with Crippen LogP contribution >= 0.6 is 11.3 Å². The number of aromatic nitrogens is 1. The highest BCUT2D eigenvalue weighted by Gasteiger charge is 2.20. The lowest BCUT2D eigenvalue weighted by atomic mass is 9.98. The summed E-state index contributed by atoms with van der Waals surface area (Å²) in [6, 6.07) is 7.96. The molecule has 0 spiro atoms. The van der Waals surface area contributed by atoms with E-state index in [2.05, 4.69) is 38.0 Å². The topological polar surface area (TPSA) is 51.2 Å². The van der Waals surface area contributed by atoms with Crippen LogP contribution in [0.4, 0.5) is 0 Å². The molecule has 1 unspecified atom stereocenters. The van der Waals surface area contributed by atoms with E-state index in [-0.39, 0.29) is 17.4 Å². The van der Waals surface area contributed by atoms with Crippen molar-refractivity contribution in [2.24, 2.45) is 0 Å². The lowest BCUT2D eigenvalue weighted by molar-refractivity contribution is -0.121. The molecule has 0 fully saturated rings. The average Bonchev–Trinajstić information content (AvgIpc) is 3.07. The molecule has 1 heterocycles. The number of nitrogens with one attached hydrogen (secondary N) is 1. The fraction of sp³-hybridized carbons (Fsp3) is 0.524. The third-order valence-electron chi connectivity index (χ3n) is 4.23. The summed E-state index contributed by atoms with van der Waals surface area (Å²) in [5.74, 6) is 0.846. The summed E-state index contributed by atoms with van der Waals surface area (Å²) >= 11 is 1.63. The van der Waals surface area contributed by atoms with Gasteiger partial charge in [-0.1, -0.05) is 52.7 Å². The molecule has 0 aliphatic carbocycles. The quantitative estimate of drug-likeness (QED) is 0.704. The van der Waals surface area contributed by atoms with Crippen molar-refractivity contribution in [1.29, 1.82) is 0 Å². The Kier molecular flexibility index (Phi) is 7.21. The minimum atomic E-state index is 0.0200. The number of unbranched alkanes of at least 4 members (excludes halogenated alkanes) is 1. The first kappa shape index (κ1) is 20.4. The van der Waals surface area contributed by atoms with Gasteiger partial charge in [-0.25, -0.2) is 4.98 Å². The molecule has 142 valence electrons. The molecule has 2 aromatic rings. The Labute approximate surface area is 161 Å². The average molecular weight is 375 g/mol. The van der Waals surface area contributed by atoms with Crippen LogP contribution in [0, 0.1) is 0 Å². The molecule has 0 bridgehead atoms. The summed E-state index contributed by atoms with van der Waals surface area (Å²) in [4.78, 5) is 17.2. The number of thiazole rings is 1. The predicted molar refractivity (Wildman–Crippen MR) is 108 cm³/mol. The van der Waals surface area contributed by atoms with Gasteiger partial charge < -0.3 is 10.1 Å². The molecule has 1 N–H and O–H groups in total. The molecule has 5 heteroatoms. The molecule has 0 saturated carbocycles. The number of hydrogen-bond acceptors (Lipinski definition) is 4. The van der Waals surface area contributed by atoms with Gasteiger partial charge in [0.05, 0.1) is 30.3 Å². The van der Waals surface area contributed by atoms with E-state index in [0.717, 1.165) is 41.3 Å². The molecule has 0 saturated heterocycles. The molecule has 0 aliphatic rings. The molecular weight excluding hydrogens is 344 g/mol.